The summed E-state index contributed by atoms with van der Waals surface area (Å²) < 4.78 is 13.5. The summed E-state index contributed by atoms with van der Waals surface area (Å²) in [5, 5.41) is 0. The van der Waals surface area contributed by atoms with E-state index in [1.54, 1.807) is 0 Å². The zero-order valence-corrected chi connectivity index (χ0v) is 15.8. The molecule has 0 aliphatic carbocycles. The first-order chi connectivity index (χ1) is 13.7. The van der Waals surface area contributed by atoms with Crippen LogP contribution in [0, 0.1) is 0 Å². The van der Waals surface area contributed by atoms with Crippen LogP contribution in [0.5, 0.6) is 0 Å². The molecule has 1 amide bonds. The van der Waals surface area contributed by atoms with E-state index >= 15 is 0 Å². The van der Waals surface area contributed by atoms with Crippen LogP contribution in [0.4, 0.5) is 0 Å². The molecular formula is C22H24N2O4. The van der Waals surface area contributed by atoms with Crippen molar-refractivity contribution in [2.75, 3.05) is 26.3 Å². The van der Waals surface area contributed by atoms with E-state index in [2.05, 4.69) is 0 Å². The summed E-state index contributed by atoms with van der Waals surface area (Å²) in [4.78, 5) is 27.9. The van der Waals surface area contributed by atoms with E-state index in [1.807, 2.05) is 51.9 Å². The lowest BCUT2D eigenvalue weighted by Gasteiger charge is -2.38. The topological polar surface area (TPSA) is 60.8 Å². The Hall–Kier alpha value is -2.44. The molecule has 5 rings (SSSR count). The minimum Gasteiger partial charge on any atom is -0.347 e. The van der Waals surface area contributed by atoms with Gasteiger partial charge in [0.1, 0.15) is 0 Å². The summed E-state index contributed by atoms with van der Waals surface area (Å²) in [6, 6.07) is 13.1. The Kier molecular flexibility index (Phi) is 4.33. The van der Waals surface area contributed by atoms with Crippen LogP contribution >= 0.6 is 0 Å². The molecule has 1 aromatic heterocycles. The summed E-state index contributed by atoms with van der Waals surface area (Å²) in [6.07, 6.45) is 2.20. The zero-order chi connectivity index (χ0) is 19.1. The smallest absolute Gasteiger partial charge is 0.231 e. The van der Waals surface area contributed by atoms with Crippen molar-refractivity contribution in [3.05, 3.63) is 59.4 Å². The van der Waals surface area contributed by atoms with E-state index < -0.39 is 5.79 Å². The van der Waals surface area contributed by atoms with Gasteiger partial charge in [0.25, 0.3) is 0 Å². The molecule has 0 bridgehead atoms. The van der Waals surface area contributed by atoms with Gasteiger partial charge in [0.05, 0.1) is 24.8 Å². The Labute approximate surface area is 164 Å². The third kappa shape index (κ3) is 2.88. The van der Waals surface area contributed by atoms with Crippen molar-refractivity contribution < 1.29 is 19.1 Å². The van der Waals surface area contributed by atoms with Crippen LogP contribution in [0.1, 0.15) is 46.9 Å². The summed E-state index contributed by atoms with van der Waals surface area (Å²) in [6.45, 7) is 3.30. The maximum atomic E-state index is 13.2. The largest absolute Gasteiger partial charge is 0.347 e. The molecule has 3 aliphatic heterocycles. The second kappa shape index (κ2) is 6.87. The molecule has 2 aromatic rings. The van der Waals surface area contributed by atoms with Crippen molar-refractivity contribution >= 4 is 11.7 Å². The van der Waals surface area contributed by atoms with Crippen LogP contribution in [0.2, 0.25) is 0 Å². The summed E-state index contributed by atoms with van der Waals surface area (Å²) in [5.74, 6) is -0.474. The van der Waals surface area contributed by atoms with Gasteiger partial charge >= 0.3 is 0 Å². The number of carbonyl (C=O) groups excluding carboxylic acids is 2. The molecule has 1 aromatic carbocycles. The molecule has 1 spiro atoms. The van der Waals surface area contributed by atoms with E-state index in [0.717, 1.165) is 25.0 Å². The molecule has 28 heavy (non-hydrogen) atoms. The number of hydrogen-bond acceptors (Lipinski definition) is 4. The van der Waals surface area contributed by atoms with Crippen molar-refractivity contribution in [3.63, 3.8) is 0 Å². The highest BCUT2D eigenvalue weighted by atomic mass is 16.7. The third-order valence-electron chi connectivity index (χ3n) is 6.23. The van der Waals surface area contributed by atoms with E-state index in [0.29, 0.717) is 44.1 Å². The number of likely N-dealkylation sites (tertiary alicyclic amines) is 1. The number of carbonyl (C=O) groups is 2. The van der Waals surface area contributed by atoms with Gasteiger partial charge in [-0.25, -0.2) is 0 Å². The second-order valence-corrected chi connectivity index (χ2v) is 7.76. The van der Waals surface area contributed by atoms with Crippen LogP contribution in [-0.4, -0.2) is 53.2 Å². The molecule has 0 radical (unpaired) electrons. The van der Waals surface area contributed by atoms with Crippen molar-refractivity contribution in [3.8, 4) is 0 Å². The number of ether oxygens (including phenoxy) is 2. The van der Waals surface area contributed by atoms with Gasteiger partial charge in [-0.05, 0) is 18.6 Å². The number of benzene rings is 1. The minimum absolute atomic E-state index is 0.00962. The SMILES string of the molecule is O=C(c1ccccc1)c1ccc2n1CC[C@@H]2C(=O)N1CCC2(CC1)OCCO2. The van der Waals surface area contributed by atoms with Crippen molar-refractivity contribution in [2.45, 2.75) is 37.5 Å². The number of nitrogens with zero attached hydrogens (tertiary/aromatic N) is 2. The molecular weight excluding hydrogens is 356 g/mol. The van der Waals surface area contributed by atoms with Crippen LogP contribution < -0.4 is 0 Å². The zero-order valence-electron chi connectivity index (χ0n) is 15.8. The van der Waals surface area contributed by atoms with E-state index in [1.165, 1.54) is 0 Å². The molecule has 2 fully saturated rings. The number of ketones is 1. The number of fused-ring (bicyclic) bond motifs is 1. The third-order valence-corrected chi connectivity index (χ3v) is 6.23. The molecule has 1 atom stereocenters. The van der Waals surface area contributed by atoms with Gasteiger partial charge in [0.15, 0.2) is 5.79 Å². The molecule has 3 aliphatic rings. The summed E-state index contributed by atoms with van der Waals surface area (Å²) in [7, 11) is 0. The summed E-state index contributed by atoms with van der Waals surface area (Å²) in [5.41, 5.74) is 2.30. The molecule has 0 N–H and O–H groups in total. The molecule has 146 valence electrons. The minimum atomic E-state index is -0.470. The number of hydrogen-bond donors (Lipinski definition) is 0. The first-order valence-corrected chi connectivity index (χ1v) is 10.0. The molecule has 6 heteroatoms. The number of piperidine rings is 1. The van der Waals surface area contributed by atoms with Gasteiger partial charge < -0.3 is 18.9 Å². The van der Waals surface area contributed by atoms with Crippen LogP contribution in [-0.2, 0) is 20.8 Å². The van der Waals surface area contributed by atoms with Crippen LogP contribution in [0.25, 0.3) is 0 Å². The first-order valence-electron chi connectivity index (χ1n) is 10.0. The van der Waals surface area contributed by atoms with Gasteiger partial charge in [-0.3, -0.25) is 9.59 Å². The van der Waals surface area contributed by atoms with E-state index in [9.17, 15) is 9.59 Å². The van der Waals surface area contributed by atoms with Crippen molar-refractivity contribution in [1.29, 1.82) is 0 Å². The molecule has 2 saturated heterocycles. The standard InChI is InChI=1S/C22H24N2O4/c25-20(16-4-2-1-3-5-16)19-7-6-18-17(8-11-24(18)19)21(26)23-12-9-22(10-13-23)27-14-15-28-22/h1-7,17H,8-15H2/t17-/m0/s1. The monoisotopic (exact) mass is 380 g/mol. The Balaban J connectivity index is 1.31. The molecule has 4 heterocycles. The molecule has 0 saturated carbocycles. The lowest BCUT2D eigenvalue weighted by atomic mass is 9.98. The Bertz CT molecular complexity index is 889. The normalized spacial score (nSPS) is 23.1. The highest BCUT2D eigenvalue weighted by Gasteiger charge is 2.43. The predicted octanol–water partition coefficient (Wildman–Crippen LogP) is 2.57. The van der Waals surface area contributed by atoms with Crippen LogP contribution in [0.3, 0.4) is 0 Å². The Morgan fingerprint density at radius 2 is 1.64 bits per heavy atom. The lowest BCUT2D eigenvalue weighted by Crippen LogP contribution is -2.48. The fourth-order valence-electron chi connectivity index (χ4n) is 4.70. The predicted molar refractivity (Wildman–Crippen MR) is 102 cm³/mol. The maximum absolute atomic E-state index is 13.2. The Morgan fingerprint density at radius 3 is 2.36 bits per heavy atom. The quantitative estimate of drug-likeness (QED) is 0.768. The average molecular weight is 380 g/mol. The molecule has 0 unspecified atom stereocenters. The highest BCUT2D eigenvalue weighted by molar-refractivity contribution is 6.08. The van der Waals surface area contributed by atoms with Gasteiger partial charge in [-0.2, -0.15) is 0 Å². The first kappa shape index (κ1) is 17.6. The maximum Gasteiger partial charge on any atom is 0.231 e. The van der Waals surface area contributed by atoms with Gasteiger partial charge in [-0.1, -0.05) is 30.3 Å². The molecule has 6 nitrogen and oxygen atoms in total. The fraction of sp³-hybridized carbons (Fsp3) is 0.455. The number of amides is 1. The number of aromatic nitrogens is 1. The highest BCUT2D eigenvalue weighted by Crippen LogP contribution is 2.36. The lowest BCUT2D eigenvalue weighted by molar-refractivity contribution is -0.187. The van der Waals surface area contributed by atoms with Gasteiger partial charge in [0, 0.05) is 43.7 Å². The number of rotatable bonds is 3. The van der Waals surface area contributed by atoms with E-state index in [-0.39, 0.29) is 17.6 Å². The second-order valence-electron chi connectivity index (χ2n) is 7.76. The van der Waals surface area contributed by atoms with Crippen molar-refractivity contribution in [1.82, 2.24) is 9.47 Å². The Morgan fingerprint density at radius 1 is 0.929 bits per heavy atom. The van der Waals surface area contributed by atoms with Crippen molar-refractivity contribution in [2.24, 2.45) is 0 Å². The van der Waals surface area contributed by atoms with Crippen LogP contribution in [0.15, 0.2) is 42.5 Å². The van der Waals surface area contributed by atoms with E-state index in [4.69, 9.17) is 9.47 Å². The summed E-state index contributed by atoms with van der Waals surface area (Å²) >= 11 is 0. The average Bonchev–Trinajstić information content (AvgIpc) is 3.45. The fourth-order valence-corrected chi connectivity index (χ4v) is 4.70. The van der Waals surface area contributed by atoms with Gasteiger partial charge in [-0.15, -0.1) is 0 Å². The van der Waals surface area contributed by atoms with Gasteiger partial charge in [0.2, 0.25) is 11.7 Å².